The molecule has 1 aliphatic rings. The van der Waals surface area contributed by atoms with Gasteiger partial charge in [-0.2, -0.15) is 15.5 Å². The maximum absolute atomic E-state index is 12.0. The number of urea groups is 1. The SMILES string of the molecule is N#CCCn1ccc(NC(=O)Nc2cc(CC3CCCCC3)[nH]n2)n1. The van der Waals surface area contributed by atoms with Crippen molar-refractivity contribution in [3.63, 3.8) is 0 Å². The van der Waals surface area contributed by atoms with Crippen LogP contribution < -0.4 is 10.6 Å². The molecule has 2 amide bonds. The zero-order chi connectivity index (χ0) is 17.5. The minimum absolute atomic E-state index is 0.379. The second-order valence-electron chi connectivity index (χ2n) is 6.44. The third kappa shape index (κ3) is 5.08. The first kappa shape index (κ1) is 17.0. The largest absolute Gasteiger partial charge is 0.326 e. The Bertz CT molecular complexity index is 736. The standard InChI is InChI=1S/C17H23N7O/c18-8-4-9-24-10-7-15(23-24)19-17(25)20-16-12-14(21-22-16)11-13-5-2-1-3-6-13/h7,10,12-13H,1-6,9,11H2,(H3,19,20,21,22,23,25). The molecule has 0 aliphatic heterocycles. The molecule has 25 heavy (non-hydrogen) atoms. The Morgan fingerprint density at radius 3 is 2.92 bits per heavy atom. The molecule has 3 rings (SSSR count). The minimum atomic E-state index is -0.388. The molecule has 0 bridgehead atoms. The Hall–Kier alpha value is -2.82. The lowest BCUT2D eigenvalue weighted by Crippen LogP contribution is -2.20. The summed E-state index contributed by atoms with van der Waals surface area (Å²) >= 11 is 0. The van der Waals surface area contributed by atoms with Crippen LogP contribution in [0.3, 0.4) is 0 Å². The van der Waals surface area contributed by atoms with E-state index in [1.54, 1.807) is 16.9 Å². The van der Waals surface area contributed by atoms with Gasteiger partial charge in [-0.3, -0.25) is 20.4 Å². The molecule has 2 heterocycles. The predicted molar refractivity (Wildman–Crippen MR) is 94.0 cm³/mol. The van der Waals surface area contributed by atoms with Gasteiger partial charge in [-0.25, -0.2) is 4.79 Å². The first-order valence-electron chi connectivity index (χ1n) is 8.75. The van der Waals surface area contributed by atoms with Crippen molar-refractivity contribution in [1.82, 2.24) is 20.0 Å². The van der Waals surface area contributed by atoms with E-state index in [0.29, 0.717) is 30.5 Å². The molecule has 1 fully saturated rings. The molecule has 0 aromatic carbocycles. The molecule has 132 valence electrons. The van der Waals surface area contributed by atoms with Crippen molar-refractivity contribution in [2.45, 2.75) is 51.5 Å². The molecule has 0 spiro atoms. The molecule has 1 saturated carbocycles. The number of nitrogens with one attached hydrogen (secondary N) is 3. The monoisotopic (exact) mass is 341 g/mol. The number of hydrogen-bond acceptors (Lipinski definition) is 4. The van der Waals surface area contributed by atoms with E-state index in [1.807, 2.05) is 6.07 Å². The Labute approximate surface area is 146 Å². The highest BCUT2D eigenvalue weighted by Gasteiger charge is 2.15. The van der Waals surface area contributed by atoms with E-state index >= 15 is 0 Å². The molecule has 0 unspecified atom stereocenters. The lowest BCUT2D eigenvalue weighted by Gasteiger charge is -2.20. The number of amides is 2. The van der Waals surface area contributed by atoms with E-state index in [2.05, 4.69) is 32.0 Å². The number of nitrogens with zero attached hydrogens (tertiary/aromatic N) is 4. The van der Waals surface area contributed by atoms with Gasteiger partial charge in [0, 0.05) is 24.0 Å². The number of anilines is 2. The number of aryl methyl sites for hydroxylation is 1. The van der Waals surface area contributed by atoms with Crippen LogP contribution in [0.15, 0.2) is 18.3 Å². The van der Waals surface area contributed by atoms with Gasteiger partial charge in [0.1, 0.15) is 0 Å². The van der Waals surface area contributed by atoms with E-state index in [4.69, 9.17) is 5.26 Å². The summed E-state index contributed by atoms with van der Waals surface area (Å²) in [6.07, 6.45) is 9.61. The Balaban J connectivity index is 1.48. The number of aromatic amines is 1. The number of aromatic nitrogens is 4. The number of nitriles is 1. The maximum Gasteiger partial charge on any atom is 0.326 e. The average molecular weight is 341 g/mol. The predicted octanol–water partition coefficient (Wildman–Crippen LogP) is 3.29. The highest BCUT2D eigenvalue weighted by Crippen LogP contribution is 2.26. The van der Waals surface area contributed by atoms with Gasteiger partial charge in [0.15, 0.2) is 11.6 Å². The summed E-state index contributed by atoms with van der Waals surface area (Å²) in [7, 11) is 0. The molecular weight excluding hydrogens is 318 g/mol. The third-order valence-corrected chi connectivity index (χ3v) is 4.44. The van der Waals surface area contributed by atoms with Gasteiger partial charge in [-0.1, -0.05) is 32.1 Å². The van der Waals surface area contributed by atoms with Crippen molar-refractivity contribution in [2.24, 2.45) is 5.92 Å². The first-order valence-corrected chi connectivity index (χ1v) is 8.75. The van der Waals surface area contributed by atoms with Crippen molar-refractivity contribution in [2.75, 3.05) is 10.6 Å². The highest BCUT2D eigenvalue weighted by molar-refractivity contribution is 5.98. The number of hydrogen-bond donors (Lipinski definition) is 3. The van der Waals surface area contributed by atoms with Crippen LogP contribution in [0.1, 0.15) is 44.2 Å². The van der Waals surface area contributed by atoms with Crippen molar-refractivity contribution < 1.29 is 4.79 Å². The van der Waals surface area contributed by atoms with Gasteiger partial charge in [-0.05, 0) is 12.3 Å². The van der Waals surface area contributed by atoms with Crippen LogP contribution in [0.25, 0.3) is 0 Å². The molecule has 3 N–H and O–H groups in total. The van der Waals surface area contributed by atoms with E-state index in [-0.39, 0.29) is 6.03 Å². The normalized spacial score (nSPS) is 14.8. The van der Waals surface area contributed by atoms with Crippen LogP contribution in [-0.4, -0.2) is 26.0 Å². The summed E-state index contributed by atoms with van der Waals surface area (Å²) in [5.74, 6) is 1.66. The molecule has 2 aromatic heterocycles. The van der Waals surface area contributed by atoms with Crippen molar-refractivity contribution >= 4 is 17.7 Å². The zero-order valence-corrected chi connectivity index (χ0v) is 14.2. The fourth-order valence-corrected chi connectivity index (χ4v) is 3.21. The number of H-pyrrole nitrogens is 1. The lowest BCUT2D eigenvalue weighted by molar-refractivity contribution is 0.262. The summed E-state index contributed by atoms with van der Waals surface area (Å²) in [5.41, 5.74) is 1.06. The third-order valence-electron chi connectivity index (χ3n) is 4.44. The van der Waals surface area contributed by atoms with Gasteiger partial charge in [0.2, 0.25) is 0 Å². The molecule has 0 radical (unpaired) electrons. The van der Waals surface area contributed by atoms with Crippen LogP contribution in [0.4, 0.5) is 16.4 Å². The van der Waals surface area contributed by atoms with Gasteiger partial charge in [0.25, 0.3) is 0 Å². The van der Waals surface area contributed by atoms with Crippen LogP contribution in [0.2, 0.25) is 0 Å². The van der Waals surface area contributed by atoms with Crippen LogP contribution in [0, 0.1) is 17.2 Å². The molecule has 0 atom stereocenters. The molecule has 8 nitrogen and oxygen atoms in total. The smallest absolute Gasteiger partial charge is 0.291 e. The van der Waals surface area contributed by atoms with Crippen LogP contribution in [-0.2, 0) is 13.0 Å². The second kappa shape index (κ2) is 8.33. The topological polar surface area (TPSA) is 111 Å². The van der Waals surface area contributed by atoms with E-state index < -0.39 is 0 Å². The van der Waals surface area contributed by atoms with E-state index in [0.717, 1.165) is 12.1 Å². The molecular formula is C17H23N7O. The van der Waals surface area contributed by atoms with Gasteiger partial charge >= 0.3 is 6.03 Å². The lowest BCUT2D eigenvalue weighted by atomic mass is 9.86. The molecule has 8 heteroatoms. The fourth-order valence-electron chi connectivity index (χ4n) is 3.21. The van der Waals surface area contributed by atoms with Crippen LogP contribution >= 0.6 is 0 Å². The van der Waals surface area contributed by atoms with Gasteiger partial charge < -0.3 is 0 Å². The maximum atomic E-state index is 12.0. The quantitative estimate of drug-likeness (QED) is 0.748. The fraction of sp³-hybridized carbons (Fsp3) is 0.529. The zero-order valence-electron chi connectivity index (χ0n) is 14.2. The van der Waals surface area contributed by atoms with Crippen LogP contribution in [0.5, 0.6) is 0 Å². The van der Waals surface area contributed by atoms with Gasteiger partial charge in [0.05, 0.1) is 19.0 Å². The summed E-state index contributed by atoms with van der Waals surface area (Å²) in [6.45, 7) is 0.504. The second-order valence-corrected chi connectivity index (χ2v) is 6.44. The summed E-state index contributed by atoms with van der Waals surface area (Å²) in [5, 5.41) is 25.3. The first-order chi connectivity index (χ1) is 12.2. The Morgan fingerprint density at radius 2 is 2.12 bits per heavy atom. The number of carbonyl (C=O) groups is 1. The molecule has 1 aliphatic carbocycles. The van der Waals surface area contributed by atoms with Crippen molar-refractivity contribution in [3.8, 4) is 6.07 Å². The van der Waals surface area contributed by atoms with Crippen molar-refractivity contribution in [3.05, 3.63) is 24.0 Å². The Kier molecular flexibility index (Phi) is 5.67. The van der Waals surface area contributed by atoms with E-state index in [9.17, 15) is 4.79 Å². The summed E-state index contributed by atoms with van der Waals surface area (Å²) in [6, 6.07) is 5.25. The van der Waals surface area contributed by atoms with E-state index in [1.165, 1.54) is 32.1 Å². The summed E-state index contributed by atoms with van der Waals surface area (Å²) < 4.78 is 1.62. The molecule has 0 saturated heterocycles. The number of rotatable bonds is 6. The number of carbonyl (C=O) groups excluding carboxylic acids is 1. The molecule has 2 aromatic rings. The minimum Gasteiger partial charge on any atom is -0.291 e. The van der Waals surface area contributed by atoms with Gasteiger partial charge in [-0.15, -0.1) is 0 Å². The average Bonchev–Trinajstić information content (AvgIpc) is 3.23. The highest BCUT2D eigenvalue weighted by atomic mass is 16.2. The summed E-state index contributed by atoms with van der Waals surface area (Å²) in [4.78, 5) is 12.0. The Morgan fingerprint density at radius 1 is 1.32 bits per heavy atom. The van der Waals surface area contributed by atoms with Crippen molar-refractivity contribution in [1.29, 1.82) is 5.26 Å².